The summed E-state index contributed by atoms with van der Waals surface area (Å²) in [5.41, 5.74) is 2.23. The molecule has 0 atom stereocenters. The average Bonchev–Trinajstić information content (AvgIpc) is 2.46. The number of aromatic nitrogens is 2. The van der Waals surface area contributed by atoms with Crippen molar-refractivity contribution in [1.82, 2.24) is 9.97 Å². The minimum Gasteiger partial charge on any atom is -0.494 e. The quantitative estimate of drug-likeness (QED) is 0.702. The topological polar surface area (TPSA) is 35.0 Å². The Morgan fingerprint density at radius 1 is 1.11 bits per heavy atom. The second kappa shape index (κ2) is 4.65. The molecule has 0 N–H and O–H groups in total. The summed E-state index contributed by atoms with van der Waals surface area (Å²) in [7, 11) is 1.56. The number of benzene rings is 1. The van der Waals surface area contributed by atoms with E-state index in [-0.39, 0.29) is 5.82 Å². The monoisotopic (exact) mass is 254 g/mol. The highest BCUT2D eigenvalue weighted by atomic mass is 19.1. The molecule has 1 aromatic carbocycles. The molecule has 3 nitrogen and oxygen atoms in total. The predicted molar refractivity (Wildman–Crippen MR) is 71.5 cm³/mol. The number of halogens is 1. The second-order valence-corrected chi connectivity index (χ2v) is 4.10. The lowest BCUT2D eigenvalue weighted by molar-refractivity contribution is 0.414. The molecule has 2 aromatic heterocycles. The van der Waals surface area contributed by atoms with Crippen LogP contribution in [0.2, 0.25) is 0 Å². The largest absolute Gasteiger partial charge is 0.494 e. The van der Waals surface area contributed by atoms with Gasteiger partial charge >= 0.3 is 0 Å². The first-order valence-electron chi connectivity index (χ1n) is 5.82. The van der Waals surface area contributed by atoms with Gasteiger partial charge in [0.15, 0.2) is 0 Å². The molecule has 0 radical (unpaired) electrons. The Hall–Kier alpha value is -2.49. The molecule has 0 spiro atoms. The number of ether oxygens (including phenoxy) is 1. The van der Waals surface area contributed by atoms with E-state index in [4.69, 9.17) is 4.74 Å². The molecule has 0 saturated heterocycles. The van der Waals surface area contributed by atoms with Gasteiger partial charge in [0.05, 0.1) is 18.8 Å². The van der Waals surface area contributed by atoms with Gasteiger partial charge in [-0.1, -0.05) is 6.07 Å². The van der Waals surface area contributed by atoms with Crippen molar-refractivity contribution >= 4 is 10.9 Å². The zero-order chi connectivity index (χ0) is 13.2. The van der Waals surface area contributed by atoms with Crippen molar-refractivity contribution in [3.05, 3.63) is 54.7 Å². The van der Waals surface area contributed by atoms with Crippen molar-refractivity contribution in [1.29, 1.82) is 0 Å². The molecular weight excluding hydrogens is 243 g/mol. The minimum absolute atomic E-state index is 0.297. The van der Waals surface area contributed by atoms with E-state index in [0.717, 1.165) is 16.5 Å². The molecule has 19 heavy (non-hydrogen) atoms. The van der Waals surface area contributed by atoms with Crippen molar-refractivity contribution in [2.24, 2.45) is 0 Å². The van der Waals surface area contributed by atoms with Gasteiger partial charge in [0.25, 0.3) is 0 Å². The molecule has 94 valence electrons. The number of nitrogens with zero attached hydrogens (tertiary/aromatic N) is 2. The van der Waals surface area contributed by atoms with Gasteiger partial charge in [-0.15, -0.1) is 0 Å². The zero-order valence-corrected chi connectivity index (χ0v) is 10.3. The van der Waals surface area contributed by atoms with Gasteiger partial charge in [-0.25, -0.2) is 4.39 Å². The number of rotatable bonds is 2. The SMILES string of the molecule is COc1cnccc1-c1cc(F)cc2cccnc12. The average molecular weight is 254 g/mol. The molecule has 0 fully saturated rings. The van der Waals surface area contributed by atoms with E-state index in [0.29, 0.717) is 11.3 Å². The first kappa shape index (κ1) is 11.6. The maximum atomic E-state index is 13.7. The highest BCUT2D eigenvalue weighted by Gasteiger charge is 2.11. The minimum atomic E-state index is -0.297. The number of hydrogen-bond acceptors (Lipinski definition) is 3. The fourth-order valence-electron chi connectivity index (χ4n) is 2.13. The molecule has 0 bridgehead atoms. The van der Waals surface area contributed by atoms with Crippen LogP contribution in [0.3, 0.4) is 0 Å². The predicted octanol–water partition coefficient (Wildman–Crippen LogP) is 3.44. The summed E-state index contributed by atoms with van der Waals surface area (Å²) in [6, 6.07) is 8.35. The van der Waals surface area contributed by atoms with Crippen molar-refractivity contribution in [2.45, 2.75) is 0 Å². The third kappa shape index (κ3) is 2.01. The Morgan fingerprint density at radius 3 is 2.84 bits per heavy atom. The van der Waals surface area contributed by atoms with Crippen molar-refractivity contribution < 1.29 is 9.13 Å². The van der Waals surface area contributed by atoms with E-state index >= 15 is 0 Å². The van der Waals surface area contributed by atoms with Gasteiger partial charge < -0.3 is 4.74 Å². The smallest absolute Gasteiger partial charge is 0.145 e. The van der Waals surface area contributed by atoms with Gasteiger partial charge in [0.2, 0.25) is 0 Å². The molecule has 0 aliphatic carbocycles. The summed E-state index contributed by atoms with van der Waals surface area (Å²) in [6.45, 7) is 0. The van der Waals surface area contributed by atoms with Gasteiger partial charge in [0.1, 0.15) is 11.6 Å². The molecule has 0 aliphatic heterocycles. The maximum absolute atomic E-state index is 13.7. The van der Waals surface area contributed by atoms with Crippen LogP contribution in [0.1, 0.15) is 0 Å². The van der Waals surface area contributed by atoms with E-state index in [9.17, 15) is 4.39 Å². The summed E-state index contributed by atoms with van der Waals surface area (Å²) in [6.07, 6.45) is 4.95. The van der Waals surface area contributed by atoms with Crippen LogP contribution in [0.15, 0.2) is 48.9 Å². The second-order valence-electron chi connectivity index (χ2n) is 4.10. The van der Waals surface area contributed by atoms with E-state index in [1.165, 1.54) is 12.1 Å². The third-order valence-electron chi connectivity index (χ3n) is 2.96. The molecular formula is C15H11FN2O. The van der Waals surface area contributed by atoms with Crippen molar-refractivity contribution in [2.75, 3.05) is 7.11 Å². The normalized spacial score (nSPS) is 10.6. The fourth-order valence-corrected chi connectivity index (χ4v) is 2.13. The number of hydrogen-bond donors (Lipinski definition) is 0. The number of methoxy groups -OCH3 is 1. The van der Waals surface area contributed by atoms with E-state index in [1.807, 2.05) is 6.07 Å². The number of fused-ring (bicyclic) bond motifs is 1. The summed E-state index contributed by atoms with van der Waals surface area (Å²) in [5.74, 6) is 0.300. The van der Waals surface area contributed by atoms with Crippen molar-refractivity contribution in [3.8, 4) is 16.9 Å². The van der Waals surface area contributed by atoms with E-state index < -0.39 is 0 Å². The Bertz CT molecular complexity index is 743. The lowest BCUT2D eigenvalue weighted by Crippen LogP contribution is -1.92. The van der Waals surface area contributed by atoms with Crippen LogP contribution in [0.5, 0.6) is 5.75 Å². The molecule has 0 aliphatic rings. The van der Waals surface area contributed by atoms with Gasteiger partial charge in [-0.05, 0) is 24.3 Å². The molecule has 0 unspecified atom stereocenters. The van der Waals surface area contributed by atoms with Crippen LogP contribution in [0, 0.1) is 5.82 Å². The van der Waals surface area contributed by atoms with E-state index in [1.54, 1.807) is 37.8 Å². The van der Waals surface area contributed by atoms with Crippen LogP contribution < -0.4 is 4.74 Å². The first-order chi connectivity index (χ1) is 9.29. The van der Waals surface area contributed by atoms with Crippen LogP contribution in [-0.2, 0) is 0 Å². The molecule has 4 heteroatoms. The maximum Gasteiger partial charge on any atom is 0.145 e. The lowest BCUT2D eigenvalue weighted by atomic mass is 10.0. The van der Waals surface area contributed by atoms with Crippen LogP contribution in [-0.4, -0.2) is 17.1 Å². The zero-order valence-electron chi connectivity index (χ0n) is 10.3. The van der Waals surface area contributed by atoms with Crippen LogP contribution in [0.4, 0.5) is 4.39 Å². The van der Waals surface area contributed by atoms with Crippen LogP contribution in [0.25, 0.3) is 22.0 Å². The molecule has 2 heterocycles. The number of pyridine rings is 2. The Balaban J connectivity index is 2.36. The summed E-state index contributed by atoms with van der Waals surface area (Å²) < 4.78 is 19.0. The lowest BCUT2D eigenvalue weighted by Gasteiger charge is -2.10. The first-order valence-corrected chi connectivity index (χ1v) is 5.82. The Labute approximate surface area is 109 Å². The van der Waals surface area contributed by atoms with Gasteiger partial charge in [0, 0.05) is 28.9 Å². The molecule has 3 aromatic rings. The summed E-state index contributed by atoms with van der Waals surface area (Å²) in [5, 5.41) is 0.761. The molecule has 3 rings (SSSR count). The molecule has 0 amide bonds. The van der Waals surface area contributed by atoms with Gasteiger partial charge in [-0.2, -0.15) is 0 Å². The fraction of sp³-hybridized carbons (Fsp3) is 0.0667. The highest BCUT2D eigenvalue weighted by molar-refractivity contribution is 5.94. The summed E-state index contributed by atoms with van der Waals surface area (Å²) >= 11 is 0. The van der Waals surface area contributed by atoms with Crippen LogP contribution >= 0.6 is 0 Å². The Kier molecular flexibility index (Phi) is 2.83. The van der Waals surface area contributed by atoms with Crippen molar-refractivity contribution in [3.63, 3.8) is 0 Å². The molecule has 0 saturated carbocycles. The summed E-state index contributed by atoms with van der Waals surface area (Å²) in [4.78, 5) is 8.34. The standard InChI is InChI=1S/C15H11FN2O/c1-19-14-9-17-6-4-12(14)13-8-11(16)7-10-3-2-5-18-15(10)13/h2-9H,1H3. The Morgan fingerprint density at radius 2 is 2.00 bits per heavy atom. The third-order valence-corrected chi connectivity index (χ3v) is 2.96. The van der Waals surface area contributed by atoms with E-state index in [2.05, 4.69) is 9.97 Å². The van der Waals surface area contributed by atoms with Gasteiger partial charge in [-0.3, -0.25) is 9.97 Å². The highest BCUT2D eigenvalue weighted by Crippen LogP contribution is 2.33.